The van der Waals surface area contributed by atoms with E-state index in [0.717, 1.165) is 0 Å². The zero-order valence-electron chi connectivity index (χ0n) is 16.7. The summed E-state index contributed by atoms with van der Waals surface area (Å²) in [5.74, 6) is 0.192. The monoisotopic (exact) mass is 746 g/mol. The molecule has 8 nitrogen and oxygen atoms in total. The van der Waals surface area contributed by atoms with Crippen LogP contribution >= 0.6 is 67.8 Å². The van der Waals surface area contributed by atoms with Crippen LogP contribution in [0.15, 0.2) is 0 Å². The number of Topliss-reactive ketones (excluding diaryl/α,β-unsaturated/α-hetero) is 1. The molecule has 0 spiro atoms. The van der Waals surface area contributed by atoms with Gasteiger partial charge in [0.25, 0.3) is 0 Å². The fourth-order valence-electron chi connectivity index (χ4n) is 3.10. The Morgan fingerprint density at radius 2 is 0.793 bits per heavy atom. The average Bonchev–Trinajstić information content (AvgIpc) is 2.62. The van der Waals surface area contributed by atoms with E-state index in [1.54, 1.807) is 0 Å². The van der Waals surface area contributed by atoms with Crippen molar-refractivity contribution in [3.8, 4) is 0 Å². The molecule has 1 heterocycles. The van der Waals surface area contributed by atoms with E-state index in [0.29, 0.717) is 85.0 Å². The lowest BCUT2D eigenvalue weighted by Crippen LogP contribution is -2.48. The van der Waals surface area contributed by atoms with E-state index in [1.807, 2.05) is 74.7 Å². The van der Waals surface area contributed by atoms with Crippen LogP contribution in [0.1, 0.15) is 13.3 Å². The van der Waals surface area contributed by atoms with Gasteiger partial charge < -0.3 is 0 Å². The van der Waals surface area contributed by atoms with E-state index in [1.165, 1.54) is 0 Å². The van der Waals surface area contributed by atoms with Gasteiger partial charge in [-0.3, -0.25) is 38.8 Å². The van der Waals surface area contributed by atoms with Crippen molar-refractivity contribution in [1.29, 1.82) is 0 Å². The minimum atomic E-state index is 0.0759. The maximum Gasteiger partial charge on any atom is 0.206 e. The summed E-state index contributed by atoms with van der Waals surface area (Å²) in [6.45, 7) is 8.79. The van der Waals surface area contributed by atoms with Gasteiger partial charge in [-0.05, 0) is 0 Å². The zero-order chi connectivity index (χ0) is 21.8. The lowest BCUT2D eigenvalue weighted by Gasteiger charge is -2.33. The van der Waals surface area contributed by atoms with Gasteiger partial charge in [0.15, 0.2) is 0 Å². The van der Waals surface area contributed by atoms with Gasteiger partial charge in [-0.15, -0.1) is 0 Å². The largest absolute Gasteiger partial charge is 0.298 e. The molecule has 1 rings (SSSR count). The molecular weight excluding hydrogens is 717 g/mol. The molecule has 1 saturated heterocycles. The van der Waals surface area contributed by atoms with Crippen molar-refractivity contribution in [2.24, 2.45) is 0 Å². The average molecular weight is 746 g/mol. The molecule has 1 aliphatic rings. The lowest BCUT2D eigenvalue weighted by atomic mass is 10.2. The van der Waals surface area contributed by atoms with Gasteiger partial charge in [0.1, 0.15) is 5.78 Å². The van der Waals surface area contributed by atoms with Crippen LogP contribution < -0.4 is 0 Å². The molecule has 1 aliphatic heterocycles. The highest BCUT2D eigenvalue weighted by Crippen LogP contribution is 2.04. The molecule has 166 valence electrons. The second-order valence-corrected chi connectivity index (χ2v) is 10.7. The Morgan fingerprint density at radius 1 is 0.552 bits per heavy atom. The predicted octanol–water partition coefficient (Wildman–Crippen LogP) is 1.07. The summed E-state index contributed by atoms with van der Waals surface area (Å²) in [6, 6.07) is 0. The van der Waals surface area contributed by atoms with Gasteiger partial charge >= 0.3 is 0 Å². The molecule has 0 aromatic carbocycles. The number of halogens is 3. The molecule has 0 aromatic rings. The normalized spacial score (nSPS) is 19.3. The van der Waals surface area contributed by atoms with Crippen LogP contribution in [0.2, 0.25) is 0 Å². The Labute approximate surface area is 213 Å². The zero-order valence-corrected chi connectivity index (χ0v) is 23.2. The summed E-state index contributed by atoms with van der Waals surface area (Å²) in [6.07, 6.45) is 0.502. The molecule has 0 aliphatic carbocycles. The molecule has 11 heteroatoms. The third-order valence-corrected chi connectivity index (χ3v) is 5.79. The standard InChI is InChI=1S/C18H29I3N4O4/c1-2-15(26)11-22-3-5-23(12-16(19)27)7-9-25(14-18(21)29)10-8-24(6-4-22)13-17(20)28/h2-14H2,1H3. The van der Waals surface area contributed by atoms with Crippen molar-refractivity contribution < 1.29 is 19.2 Å². The number of hydrogen-bond acceptors (Lipinski definition) is 8. The van der Waals surface area contributed by atoms with E-state index in [2.05, 4.69) is 19.6 Å². The molecule has 0 radical (unpaired) electrons. The third kappa shape index (κ3) is 13.7. The second-order valence-electron chi connectivity index (χ2n) is 7.06. The van der Waals surface area contributed by atoms with Crippen LogP contribution in [0, 0.1) is 0 Å². The second kappa shape index (κ2) is 15.5. The first-order chi connectivity index (χ1) is 13.7. The lowest BCUT2D eigenvalue weighted by molar-refractivity contribution is -0.120. The molecule has 0 amide bonds. The minimum Gasteiger partial charge on any atom is -0.298 e. The molecule has 0 saturated carbocycles. The molecule has 0 N–H and O–H groups in total. The van der Waals surface area contributed by atoms with E-state index >= 15 is 0 Å². The van der Waals surface area contributed by atoms with E-state index in [4.69, 9.17) is 0 Å². The quantitative estimate of drug-likeness (QED) is 0.257. The van der Waals surface area contributed by atoms with Crippen molar-refractivity contribution in [1.82, 2.24) is 19.6 Å². The topological polar surface area (TPSA) is 81.2 Å². The summed E-state index contributed by atoms with van der Waals surface area (Å²) in [5, 5.41) is 0. The maximum atomic E-state index is 12.0. The smallest absolute Gasteiger partial charge is 0.206 e. The van der Waals surface area contributed by atoms with Crippen LogP contribution in [0.3, 0.4) is 0 Å². The van der Waals surface area contributed by atoms with Gasteiger partial charge in [-0.2, -0.15) is 0 Å². The van der Waals surface area contributed by atoms with Crippen LogP contribution in [-0.2, 0) is 19.2 Å². The first-order valence-corrected chi connectivity index (χ1v) is 12.9. The van der Waals surface area contributed by atoms with Crippen molar-refractivity contribution >= 4 is 84.9 Å². The molecule has 1 fully saturated rings. The fraction of sp³-hybridized carbons (Fsp3) is 0.778. The van der Waals surface area contributed by atoms with E-state index < -0.39 is 0 Å². The number of rotatable bonds is 9. The highest BCUT2D eigenvalue weighted by molar-refractivity contribution is 14.1. The van der Waals surface area contributed by atoms with Gasteiger partial charge in [-0.1, -0.05) is 6.92 Å². The summed E-state index contributed by atoms with van der Waals surface area (Å²) in [5.41, 5.74) is 0. The van der Waals surface area contributed by atoms with Gasteiger partial charge in [0, 0.05) is 127 Å². The number of carbonyl (C=O) groups excluding carboxylic acids is 4. The van der Waals surface area contributed by atoms with Crippen LogP contribution in [-0.4, -0.2) is 115 Å². The Balaban J connectivity index is 2.92. The number of hydrogen-bond donors (Lipinski definition) is 0. The Bertz CT molecular complexity index is 547. The highest BCUT2D eigenvalue weighted by Gasteiger charge is 2.20. The van der Waals surface area contributed by atoms with E-state index in [-0.39, 0.29) is 17.2 Å². The molecule has 0 unspecified atom stereocenters. The molecule has 0 atom stereocenters. The number of ketones is 1. The first-order valence-electron chi connectivity index (χ1n) is 9.65. The van der Waals surface area contributed by atoms with Crippen LogP contribution in [0.5, 0.6) is 0 Å². The number of carbonyl (C=O) groups is 4. The minimum absolute atomic E-state index is 0.0759. The molecule has 0 aromatic heterocycles. The maximum absolute atomic E-state index is 12.0. The van der Waals surface area contributed by atoms with Gasteiger partial charge in [0.05, 0.1) is 26.2 Å². The van der Waals surface area contributed by atoms with Crippen molar-refractivity contribution in [2.75, 3.05) is 78.5 Å². The summed E-state index contributed by atoms with van der Waals surface area (Å²) in [4.78, 5) is 55.4. The summed E-state index contributed by atoms with van der Waals surface area (Å²) in [7, 11) is 0. The highest BCUT2D eigenvalue weighted by atomic mass is 127. The van der Waals surface area contributed by atoms with Gasteiger partial charge in [-0.25, -0.2) is 0 Å². The Morgan fingerprint density at radius 3 is 1.00 bits per heavy atom. The number of nitrogens with zero attached hydrogens (tertiary/aromatic N) is 4. The van der Waals surface area contributed by atoms with Crippen molar-refractivity contribution in [3.05, 3.63) is 0 Å². The third-order valence-electron chi connectivity index (χ3n) is 4.77. The predicted molar refractivity (Wildman–Crippen MR) is 138 cm³/mol. The van der Waals surface area contributed by atoms with Crippen LogP contribution in [0.4, 0.5) is 0 Å². The molecular formula is C18H29I3N4O4. The molecule has 29 heavy (non-hydrogen) atoms. The first kappa shape index (κ1) is 27.7. The summed E-state index contributed by atoms with van der Waals surface area (Å²) >= 11 is 5.43. The molecule has 0 bridgehead atoms. The van der Waals surface area contributed by atoms with E-state index in [9.17, 15) is 19.2 Å². The summed E-state index contributed by atoms with van der Waals surface area (Å²) < 4.78 is 0.232. The van der Waals surface area contributed by atoms with Crippen LogP contribution in [0.25, 0.3) is 0 Å². The Kier molecular flexibility index (Phi) is 14.8. The van der Waals surface area contributed by atoms with Crippen molar-refractivity contribution in [2.45, 2.75) is 13.3 Å². The Hall–Kier alpha value is 0.710. The fourth-order valence-corrected chi connectivity index (χ4v) is 4.55. The SMILES string of the molecule is CCC(=O)CN1CCN(CC(=O)I)CCN(CC(=O)I)CCN(CC(=O)I)CC1. The van der Waals surface area contributed by atoms with Crippen molar-refractivity contribution in [3.63, 3.8) is 0 Å². The van der Waals surface area contributed by atoms with Gasteiger partial charge in [0.2, 0.25) is 11.4 Å².